The van der Waals surface area contributed by atoms with Crippen LogP contribution in [0.3, 0.4) is 0 Å². The molecule has 2 rings (SSSR count). The molecule has 0 bridgehead atoms. The molecule has 1 amide bonds. The third-order valence-corrected chi connectivity index (χ3v) is 4.86. The molecular weight excluding hydrogens is 353 g/mol. The lowest BCUT2D eigenvalue weighted by Gasteiger charge is -2.12. The first-order valence-electron chi connectivity index (χ1n) is 7.96. The Balaban J connectivity index is 1.91. The summed E-state index contributed by atoms with van der Waals surface area (Å²) in [5.41, 5.74) is 1.66. The monoisotopic (exact) mass is 373 g/mol. The van der Waals surface area contributed by atoms with Crippen molar-refractivity contribution in [2.75, 3.05) is 13.2 Å². The summed E-state index contributed by atoms with van der Waals surface area (Å²) >= 11 is 0. The fourth-order valence-electron chi connectivity index (χ4n) is 2.23. The Morgan fingerprint density at radius 2 is 1.69 bits per heavy atom. The van der Waals surface area contributed by atoms with Crippen molar-refractivity contribution in [1.29, 1.82) is 0 Å². The van der Waals surface area contributed by atoms with E-state index in [-0.39, 0.29) is 31.0 Å². The van der Waals surface area contributed by atoms with Crippen LogP contribution >= 0.6 is 7.60 Å². The molecule has 136 valence electrons. The second kappa shape index (κ2) is 9.25. The molecule has 1 unspecified atom stereocenters. The quantitative estimate of drug-likeness (QED) is 0.305. The van der Waals surface area contributed by atoms with Crippen molar-refractivity contribution in [3.63, 3.8) is 0 Å². The van der Waals surface area contributed by atoms with Crippen molar-refractivity contribution in [3.05, 3.63) is 83.9 Å². The number of hydrogen-bond acceptors (Lipinski definition) is 4. The number of benzene rings is 2. The van der Waals surface area contributed by atoms with Crippen LogP contribution in [-0.2, 0) is 20.0 Å². The normalized spacial score (nSPS) is 12.8. The molecule has 0 aliphatic carbocycles. The summed E-state index contributed by atoms with van der Waals surface area (Å²) in [6.07, 6.45) is 0.930. The van der Waals surface area contributed by atoms with Gasteiger partial charge in [0.15, 0.2) is 5.78 Å². The number of nitrogens with one attached hydrogen (secondary N) is 1. The molecular formula is C19H20NO5P. The van der Waals surface area contributed by atoms with Crippen LogP contribution in [0.1, 0.15) is 21.5 Å². The molecule has 7 heteroatoms. The minimum Gasteiger partial charge on any atom is -0.350 e. The lowest BCUT2D eigenvalue weighted by Crippen LogP contribution is -2.24. The second-order valence-electron chi connectivity index (χ2n) is 5.52. The molecule has 0 saturated carbocycles. The highest BCUT2D eigenvalue weighted by Crippen LogP contribution is 2.45. The lowest BCUT2D eigenvalue weighted by molar-refractivity contribution is -0.116. The van der Waals surface area contributed by atoms with E-state index in [9.17, 15) is 19.0 Å². The van der Waals surface area contributed by atoms with Crippen molar-refractivity contribution in [2.45, 2.75) is 6.16 Å². The van der Waals surface area contributed by atoms with Gasteiger partial charge in [-0.25, -0.2) is 0 Å². The molecule has 0 heterocycles. The van der Waals surface area contributed by atoms with Crippen LogP contribution in [0, 0.1) is 0 Å². The average molecular weight is 373 g/mol. The Bertz CT molecular complexity index is 818. The van der Waals surface area contributed by atoms with Crippen LogP contribution in [0.5, 0.6) is 0 Å². The van der Waals surface area contributed by atoms with Gasteiger partial charge in [0.2, 0.25) is 5.91 Å². The van der Waals surface area contributed by atoms with Gasteiger partial charge < -0.3 is 14.7 Å². The first-order valence-corrected chi connectivity index (χ1v) is 9.73. The summed E-state index contributed by atoms with van der Waals surface area (Å²) in [6, 6.07) is 15.4. The first kappa shape index (κ1) is 19.8. The molecule has 6 nitrogen and oxygen atoms in total. The summed E-state index contributed by atoms with van der Waals surface area (Å²) < 4.78 is 17.0. The zero-order valence-corrected chi connectivity index (χ0v) is 15.0. The molecule has 26 heavy (non-hydrogen) atoms. The summed E-state index contributed by atoms with van der Waals surface area (Å²) in [6.45, 7) is 3.33. The maximum atomic E-state index is 12.3. The highest BCUT2D eigenvalue weighted by Gasteiger charge is 2.20. The van der Waals surface area contributed by atoms with E-state index in [0.29, 0.717) is 16.7 Å². The van der Waals surface area contributed by atoms with Gasteiger partial charge in [-0.05, 0) is 11.6 Å². The van der Waals surface area contributed by atoms with Gasteiger partial charge >= 0.3 is 7.60 Å². The second-order valence-corrected chi connectivity index (χ2v) is 7.37. The number of carbonyl (C=O) groups is 2. The van der Waals surface area contributed by atoms with E-state index >= 15 is 0 Å². The van der Waals surface area contributed by atoms with Gasteiger partial charge in [0.05, 0.1) is 12.8 Å². The molecule has 1 atom stereocenters. The SMILES string of the molecule is C=CC(=O)NCCOP(=O)(O)Cc1ccc(C(=O)c2ccccc2)cc1. The van der Waals surface area contributed by atoms with Gasteiger partial charge in [-0.2, -0.15) is 0 Å². The molecule has 0 radical (unpaired) electrons. The fourth-order valence-corrected chi connectivity index (χ4v) is 3.37. The molecule has 2 aromatic rings. The van der Waals surface area contributed by atoms with E-state index in [4.69, 9.17) is 4.52 Å². The zero-order chi connectivity index (χ0) is 19.0. The van der Waals surface area contributed by atoms with Gasteiger partial charge in [-0.1, -0.05) is 61.2 Å². The maximum Gasteiger partial charge on any atom is 0.332 e. The minimum atomic E-state index is -3.84. The van der Waals surface area contributed by atoms with Gasteiger partial charge in [0, 0.05) is 17.7 Å². The molecule has 2 aromatic carbocycles. The number of amides is 1. The molecule has 0 aliphatic heterocycles. The van der Waals surface area contributed by atoms with Crippen molar-refractivity contribution < 1.29 is 23.6 Å². The summed E-state index contributed by atoms with van der Waals surface area (Å²) in [5.74, 6) is -0.487. The molecule has 0 aliphatic rings. The van der Waals surface area contributed by atoms with E-state index in [1.54, 1.807) is 48.5 Å². The summed E-state index contributed by atoms with van der Waals surface area (Å²) in [7, 11) is -3.84. The van der Waals surface area contributed by atoms with Gasteiger partial charge in [0.1, 0.15) is 0 Å². The highest BCUT2D eigenvalue weighted by molar-refractivity contribution is 7.51. The molecule has 0 spiro atoms. The van der Waals surface area contributed by atoms with Crippen LogP contribution in [0.4, 0.5) is 0 Å². The Kier molecular flexibility index (Phi) is 7.04. The van der Waals surface area contributed by atoms with E-state index in [2.05, 4.69) is 11.9 Å². The van der Waals surface area contributed by atoms with E-state index < -0.39 is 7.60 Å². The number of rotatable bonds is 9. The van der Waals surface area contributed by atoms with Crippen molar-refractivity contribution in [2.24, 2.45) is 0 Å². The van der Waals surface area contributed by atoms with Crippen LogP contribution in [-0.4, -0.2) is 29.7 Å². The van der Waals surface area contributed by atoms with Crippen molar-refractivity contribution in [1.82, 2.24) is 5.32 Å². The molecule has 0 fully saturated rings. The number of ketones is 1. The molecule has 0 aromatic heterocycles. The highest BCUT2D eigenvalue weighted by atomic mass is 31.2. The fraction of sp³-hybridized carbons (Fsp3) is 0.158. The third-order valence-electron chi connectivity index (χ3n) is 3.51. The van der Waals surface area contributed by atoms with E-state index in [1.165, 1.54) is 0 Å². The standard InChI is InChI=1S/C19H20NO5P/c1-2-18(21)20-12-13-25-26(23,24)14-15-8-10-17(11-9-15)19(22)16-6-4-3-5-7-16/h2-11H,1,12-14H2,(H,20,21)(H,23,24). The Morgan fingerprint density at radius 1 is 1.08 bits per heavy atom. The smallest absolute Gasteiger partial charge is 0.332 e. The Morgan fingerprint density at radius 3 is 2.31 bits per heavy atom. The first-order chi connectivity index (χ1) is 12.4. The minimum absolute atomic E-state index is 0.0854. The van der Waals surface area contributed by atoms with Crippen molar-refractivity contribution >= 4 is 19.3 Å². The van der Waals surface area contributed by atoms with E-state index in [0.717, 1.165) is 6.08 Å². The number of carbonyl (C=O) groups excluding carboxylic acids is 2. The van der Waals surface area contributed by atoms with E-state index in [1.807, 2.05) is 6.07 Å². The Hall–Kier alpha value is -2.53. The van der Waals surface area contributed by atoms with Gasteiger partial charge in [0.25, 0.3) is 0 Å². The largest absolute Gasteiger partial charge is 0.350 e. The number of hydrogen-bond donors (Lipinski definition) is 2. The summed E-state index contributed by atoms with van der Waals surface area (Å²) in [5, 5.41) is 2.45. The average Bonchev–Trinajstić information content (AvgIpc) is 2.65. The zero-order valence-electron chi connectivity index (χ0n) is 14.1. The van der Waals surface area contributed by atoms with Gasteiger partial charge in [-0.15, -0.1) is 0 Å². The lowest BCUT2D eigenvalue weighted by atomic mass is 10.0. The van der Waals surface area contributed by atoms with Crippen LogP contribution in [0.25, 0.3) is 0 Å². The maximum absolute atomic E-state index is 12.3. The van der Waals surface area contributed by atoms with Gasteiger partial charge in [-0.3, -0.25) is 14.2 Å². The predicted molar refractivity (Wildman–Crippen MR) is 99.0 cm³/mol. The topological polar surface area (TPSA) is 92.7 Å². The molecule has 2 N–H and O–H groups in total. The van der Waals surface area contributed by atoms with Crippen LogP contribution in [0.2, 0.25) is 0 Å². The van der Waals surface area contributed by atoms with Crippen LogP contribution in [0.15, 0.2) is 67.3 Å². The summed E-state index contributed by atoms with van der Waals surface area (Å²) in [4.78, 5) is 33.2. The predicted octanol–water partition coefficient (Wildman–Crippen LogP) is 2.92. The molecule has 0 saturated heterocycles. The third kappa shape index (κ3) is 6.08. The van der Waals surface area contributed by atoms with Crippen molar-refractivity contribution in [3.8, 4) is 0 Å². The Labute approximate surface area is 152 Å². The van der Waals surface area contributed by atoms with Crippen LogP contribution < -0.4 is 5.32 Å².